The molecule has 118 valence electrons. The van der Waals surface area contributed by atoms with Crippen LogP contribution in [0.2, 0.25) is 0 Å². The first-order chi connectivity index (χ1) is 10.5. The molecule has 0 bridgehead atoms. The van der Waals surface area contributed by atoms with Crippen LogP contribution in [0.4, 0.5) is 0 Å². The Morgan fingerprint density at radius 2 is 2.00 bits per heavy atom. The summed E-state index contributed by atoms with van der Waals surface area (Å²) >= 11 is 0. The molecule has 0 saturated heterocycles. The molecule has 0 heterocycles. The summed E-state index contributed by atoms with van der Waals surface area (Å²) in [6.07, 6.45) is 5.70. The summed E-state index contributed by atoms with van der Waals surface area (Å²) in [5.74, 6) is -0.786. The lowest BCUT2D eigenvalue weighted by Crippen LogP contribution is -2.28. The third kappa shape index (κ3) is 4.35. The molecule has 22 heavy (non-hydrogen) atoms. The molecule has 1 aliphatic carbocycles. The molecule has 2 N–H and O–H groups in total. The van der Waals surface area contributed by atoms with Crippen LogP contribution in [0.15, 0.2) is 24.3 Å². The van der Waals surface area contributed by atoms with Gasteiger partial charge in [-0.15, -0.1) is 0 Å². The van der Waals surface area contributed by atoms with E-state index in [4.69, 9.17) is 4.74 Å². The molecule has 1 saturated carbocycles. The number of benzene rings is 1. The Balaban J connectivity index is 1.90. The Bertz CT molecular complexity index is 591. The highest BCUT2D eigenvalue weighted by atomic mass is 16.5. The average molecular weight is 304 g/mol. The lowest BCUT2D eigenvalue weighted by molar-refractivity contribution is -0.146. The normalized spacial score (nSPS) is 21.7. The maximum atomic E-state index is 11.8. The molecule has 1 aliphatic rings. The highest BCUT2D eigenvalue weighted by Crippen LogP contribution is 2.27. The third-order valence-corrected chi connectivity index (χ3v) is 3.90. The summed E-state index contributed by atoms with van der Waals surface area (Å²) in [7, 11) is 0. The molecule has 1 aromatic rings. The second kappa shape index (κ2) is 7.11. The van der Waals surface area contributed by atoms with Crippen molar-refractivity contribution < 1.29 is 24.5 Å². The van der Waals surface area contributed by atoms with E-state index in [-0.39, 0.29) is 29.3 Å². The maximum absolute atomic E-state index is 11.8. The molecule has 2 atom stereocenters. The van der Waals surface area contributed by atoms with Crippen molar-refractivity contribution in [3.63, 3.8) is 0 Å². The van der Waals surface area contributed by atoms with Crippen molar-refractivity contribution >= 4 is 17.8 Å². The molecule has 0 spiro atoms. The molecule has 5 heteroatoms. The molecule has 1 fully saturated rings. The van der Waals surface area contributed by atoms with Gasteiger partial charge in [0.25, 0.3) is 0 Å². The van der Waals surface area contributed by atoms with Gasteiger partial charge in [-0.25, -0.2) is 4.79 Å². The molecule has 1 unspecified atom stereocenters. The molecular weight excluding hydrogens is 284 g/mol. The van der Waals surface area contributed by atoms with E-state index in [1.54, 1.807) is 13.0 Å². The van der Waals surface area contributed by atoms with Crippen molar-refractivity contribution in [1.29, 1.82) is 0 Å². The number of carbonyl (C=O) groups is 2. The lowest BCUT2D eigenvalue weighted by atomic mass is 9.85. The van der Waals surface area contributed by atoms with Gasteiger partial charge in [0.1, 0.15) is 11.9 Å². The molecule has 2 rings (SSSR count). The number of carbonyl (C=O) groups excluding carboxylic acids is 2. The standard InChI is InChI=1S/C17H20O5/c1-11(18)13-3-2-4-14(10-13)22-17(21)8-6-12-5-7-15(19)16(20)9-12/h5-9,13-14,19-20H,2-4,10H2,1H3/b8-6-/t13?,14-/m0/s1. The van der Waals surface area contributed by atoms with Gasteiger partial charge in [-0.05, 0) is 56.4 Å². The molecule has 0 amide bonds. The van der Waals surface area contributed by atoms with Gasteiger partial charge in [-0.2, -0.15) is 0 Å². The van der Waals surface area contributed by atoms with E-state index in [2.05, 4.69) is 0 Å². The minimum absolute atomic E-state index is 0.00965. The minimum Gasteiger partial charge on any atom is -0.504 e. The Labute approximate surface area is 129 Å². The van der Waals surface area contributed by atoms with Crippen LogP contribution in [0.25, 0.3) is 6.08 Å². The fourth-order valence-electron chi connectivity index (χ4n) is 2.63. The fourth-order valence-corrected chi connectivity index (χ4v) is 2.63. The molecular formula is C17H20O5. The van der Waals surface area contributed by atoms with E-state index in [9.17, 15) is 19.8 Å². The second-order valence-corrected chi connectivity index (χ2v) is 5.61. The number of aromatic hydroxyl groups is 2. The number of hydrogen-bond acceptors (Lipinski definition) is 5. The van der Waals surface area contributed by atoms with Crippen LogP contribution in [-0.4, -0.2) is 28.1 Å². The summed E-state index contributed by atoms with van der Waals surface area (Å²) in [4.78, 5) is 23.2. The zero-order valence-electron chi connectivity index (χ0n) is 12.5. The summed E-state index contributed by atoms with van der Waals surface area (Å²) in [6.45, 7) is 1.58. The minimum atomic E-state index is -0.471. The number of Topliss-reactive ketones (excluding diaryl/α,β-unsaturated/α-hetero) is 1. The zero-order valence-corrected chi connectivity index (χ0v) is 12.5. The molecule has 5 nitrogen and oxygen atoms in total. The van der Waals surface area contributed by atoms with Gasteiger partial charge >= 0.3 is 5.97 Å². The Hall–Kier alpha value is -2.30. The first kappa shape index (κ1) is 16.1. The van der Waals surface area contributed by atoms with E-state index < -0.39 is 5.97 Å². The van der Waals surface area contributed by atoms with Gasteiger partial charge in [0.05, 0.1) is 0 Å². The van der Waals surface area contributed by atoms with Gasteiger partial charge in [-0.3, -0.25) is 4.79 Å². The molecule has 0 aliphatic heterocycles. The van der Waals surface area contributed by atoms with Crippen LogP contribution < -0.4 is 0 Å². The van der Waals surface area contributed by atoms with Crippen LogP contribution in [0.1, 0.15) is 38.2 Å². The van der Waals surface area contributed by atoms with E-state index in [0.717, 1.165) is 19.3 Å². The third-order valence-electron chi connectivity index (χ3n) is 3.90. The fraction of sp³-hybridized carbons (Fsp3) is 0.412. The van der Waals surface area contributed by atoms with Crippen LogP contribution in [-0.2, 0) is 14.3 Å². The quantitative estimate of drug-likeness (QED) is 0.507. The largest absolute Gasteiger partial charge is 0.504 e. The lowest BCUT2D eigenvalue weighted by Gasteiger charge is -2.26. The van der Waals surface area contributed by atoms with Crippen molar-refractivity contribution in [1.82, 2.24) is 0 Å². The Morgan fingerprint density at radius 3 is 2.68 bits per heavy atom. The summed E-state index contributed by atoms with van der Waals surface area (Å²) in [5, 5.41) is 18.6. The zero-order chi connectivity index (χ0) is 16.1. The van der Waals surface area contributed by atoms with Gasteiger partial charge in [0, 0.05) is 12.0 Å². The van der Waals surface area contributed by atoms with Crippen LogP contribution in [0.5, 0.6) is 11.5 Å². The van der Waals surface area contributed by atoms with Crippen molar-refractivity contribution in [3.8, 4) is 11.5 Å². The average Bonchev–Trinajstić information content (AvgIpc) is 2.49. The van der Waals surface area contributed by atoms with Gasteiger partial charge < -0.3 is 14.9 Å². The van der Waals surface area contributed by atoms with Crippen LogP contribution in [0, 0.1) is 5.92 Å². The summed E-state index contributed by atoms with van der Waals surface area (Å²) in [6, 6.07) is 4.27. The van der Waals surface area contributed by atoms with Crippen molar-refractivity contribution in [2.45, 2.75) is 38.7 Å². The molecule has 0 aromatic heterocycles. The summed E-state index contributed by atoms with van der Waals surface area (Å²) < 4.78 is 5.36. The Morgan fingerprint density at radius 1 is 1.23 bits per heavy atom. The van der Waals surface area contributed by atoms with Crippen LogP contribution >= 0.6 is 0 Å². The molecule has 0 radical (unpaired) electrons. The predicted molar refractivity (Wildman–Crippen MR) is 81.3 cm³/mol. The summed E-state index contributed by atoms with van der Waals surface area (Å²) in [5.41, 5.74) is 0.581. The number of phenols is 2. The number of esters is 1. The Kier molecular flexibility index (Phi) is 5.20. The highest BCUT2D eigenvalue weighted by molar-refractivity contribution is 5.87. The first-order valence-electron chi connectivity index (χ1n) is 7.37. The van der Waals surface area contributed by atoms with E-state index in [0.29, 0.717) is 12.0 Å². The van der Waals surface area contributed by atoms with Crippen molar-refractivity contribution in [2.24, 2.45) is 5.92 Å². The number of hydrogen-bond donors (Lipinski definition) is 2. The number of phenolic OH excluding ortho intramolecular Hbond substituents is 2. The number of ketones is 1. The second-order valence-electron chi connectivity index (χ2n) is 5.61. The molecule has 1 aromatic carbocycles. The monoisotopic (exact) mass is 304 g/mol. The maximum Gasteiger partial charge on any atom is 0.331 e. The smallest absolute Gasteiger partial charge is 0.331 e. The predicted octanol–water partition coefficient (Wildman–Crippen LogP) is 2.80. The van der Waals surface area contributed by atoms with E-state index in [1.165, 1.54) is 24.3 Å². The SMILES string of the molecule is CC(=O)C1CCC[C@H](OC(=O)/C=C\c2ccc(O)c(O)c2)C1. The van der Waals surface area contributed by atoms with E-state index in [1.807, 2.05) is 0 Å². The van der Waals surface area contributed by atoms with E-state index >= 15 is 0 Å². The van der Waals surface area contributed by atoms with Gasteiger partial charge in [-0.1, -0.05) is 6.07 Å². The topological polar surface area (TPSA) is 83.8 Å². The number of ether oxygens (including phenoxy) is 1. The first-order valence-corrected chi connectivity index (χ1v) is 7.37. The van der Waals surface area contributed by atoms with Gasteiger partial charge in [0.15, 0.2) is 11.5 Å². The van der Waals surface area contributed by atoms with Crippen LogP contribution in [0.3, 0.4) is 0 Å². The van der Waals surface area contributed by atoms with Crippen molar-refractivity contribution in [2.75, 3.05) is 0 Å². The highest BCUT2D eigenvalue weighted by Gasteiger charge is 2.26. The van der Waals surface area contributed by atoms with Gasteiger partial charge in [0.2, 0.25) is 0 Å². The van der Waals surface area contributed by atoms with Crippen molar-refractivity contribution in [3.05, 3.63) is 29.8 Å². The number of rotatable bonds is 4.